The zero-order chi connectivity index (χ0) is 14.7. The van der Waals surface area contributed by atoms with Gasteiger partial charge in [0.2, 0.25) is 0 Å². The number of rotatable bonds is 5. The van der Waals surface area contributed by atoms with Gasteiger partial charge >= 0.3 is 0 Å². The van der Waals surface area contributed by atoms with Crippen LogP contribution in [0.15, 0.2) is 24.3 Å². The Hall–Kier alpha value is -1.97. The highest BCUT2D eigenvalue weighted by atomic mass is 16.5. The smallest absolute Gasteiger partial charge is 0.131 e. The lowest BCUT2D eigenvalue weighted by Gasteiger charge is -2.10. The molecule has 1 heterocycles. The maximum absolute atomic E-state index is 6.23. The summed E-state index contributed by atoms with van der Waals surface area (Å²) < 4.78 is 7.79. The van der Waals surface area contributed by atoms with Crippen molar-refractivity contribution in [2.24, 2.45) is 0 Å². The van der Waals surface area contributed by atoms with Crippen LogP contribution >= 0.6 is 0 Å². The maximum atomic E-state index is 6.23. The predicted molar refractivity (Wildman–Crippen MR) is 82.9 cm³/mol. The normalized spacial score (nSPS) is 11.1. The average Bonchev–Trinajstić information content (AvgIpc) is 2.74. The molecule has 108 valence electrons. The number of nitrogens with two attached hydrogens (primary N) is 1. The van der Waals surface area contributed by atoms with Crippen molar-refractivity contribution in [3.8, 4) is 17.0 Å². The summed E-state index contributed by atoms with van der Waals surface area (Å²) in [5.74, 6) is 2.60. The summed E-state index contributed by atoms with van der Waals surface area (Å²) in [6.45, 7) is 9.05. The van der Waals surface area contributed by atoms with E-state index in [0.717, 1.165) is 41.6 Å². The van der Waals surface area contributed by atoms with Crippen LogP contribution in [0.3, 0.4) is 0 Å². The predicted octanol–water partition coefficient (Wildman–Crippen LogP) is 3.50. The Bertz CT molecular complexity index is 587. The van der Waals surface area contributed by atoms with Crippen LogP contribution in [0.2, 0.25) is 0 Å². The molecule has 2 aromatic rings. The van der Waals surface area contributed by atoms with Crippen LogP contribution in [0.25, 0.3) is 11.3 Å². The van der Waals surface area contributed by atoms with Crippen LogP contribution in [0, 0.1) is 0 Å². The zero-order valence-electron chi connectivity index (χ0n) is 12.7. The minimum Gasteiger partial charge on any atom is -0.491 e. The van der Waals surface area contributed by atoms with Crippen LogP contribution in [-0.4, -0.2) is 15.7 Å². The molecule has 2 rings (SSSR count). The second-order valence-electron chi connectivity index (χ2n) is 5.05. The average molecular weight is 273 g/mol. The number of imidazole rings is 1. The second-order valence-corrected chi connectivity index (χ2v) is 5.05. The van der Waals surface area contributed by atoms with E-state index in [1.165, 1.54) is 0 Å². The summed E-state index contributed by atoms with van der Waals surface area (Å²) in [7, 11) is 0. The lowest BCUT2D eigenvalue weighted by Crippen LogP contribution is -2.05. The number of nitrogen functional groups attached to an aromatic ring is 1. The van der Waals surface area contributed by atoms with Crippen molar-refractivity contribution in [3.05, 3.63) is 30.1 Å². The molecular weight excluding hydrogens is 250 g/mol. The summed E-state index contributed by atoms with van der Waals surface area (Å²) in [6.07, 6.45) is 1.03. The molecule has 0 atom stereocenters. The summed E-state index contributed by atoms with van der Waals surface area (Å²) in [4.78, 5) is 4.67. The number of ether oxygens (including phenoxy) is 1. The minimum absolute atomic E-state index is 0.155. The topological polar surface area (TPSA) is 53.1 Å². The summed E-state index contributed by atoms with van der Waals surface area (Å²) in [5, 5.41) is 0. The van der Waals surface area contributed by atoms with Gasteiger partial charge in [-0.15, -0.1) is 0 Å². The third-order valence-corrected chi connectivity index (χ3v) is 3.20. The molecule has 0 aliphatic rings. The van der Waals surface area contributed by atoms with Gasteiger partial charge in [-0.2, -0.15) is 0 Å². The van der Waals surface area contributed by atoms with E-state index in [4.69, 9.17) is 10.5 Å². The first-order chi connectivity index (χ1) is 9.56. The number of aryl methyl sites for hydroxylation is 1. The van der Waals surface area contributed by atoms with Gasteiger partial charge in [0, 0.05) is 18.5 Å². The molecule has 20 heavy (non-hydrogen) atoms. The molecule has 0 unspecified atom stereocenters. The number of hydrogen-bond donors (Lipinski definition) is 1. The van der Waals surface area contributed by atoms with Crippen molar-refractivity contribution in [2.75, 3.05) is 5.73 Å². The Morgan fingerprint density at radius 3 is 2.60 bits per heavy atom. The fourth-order valence-electron chi connectivity index (χ4n) is 2.34. The van der Waals surface area contributed by atoms with E-state index >= 15 is 0 Å². The number of nitrogens with zero attached hydrogens (tertiary/aromatic N) is 2. The van der Waals surface area contributed by atoms with Gasteiger partial charge in [0.25, 0.3) is 0 Å². The Balaban J connectivity index is 2.43. The highest BCUT2D eigenvalue weighted by Crippen LogP contribution is 2.29. The van der Waals surface area contributed by atoms with Gasteiger partial charge in [0.15, 0.2) is 0 Å². The fraction of sp³-hybridized carbons (Fsp3) is 0.438. The first kappa shape index (κ1) is 14.4. The highest BCUT2D eigenvalue weighted by Gasteiger charge is 2.14. The molecule has 4 heteroatoms. The molecule has 0 saturated carbocycles. The van der Waals surface area contributed by atoms with Gasteiger partial charge in [0.05, 0.1) is 6.10 Å². The summed E-state index contributed by atoms with van der Waals surface area (Å²) in [5.41, 5.74) is 8.08. The molecule has 0 aliphatic carbocycles. The molecule has 0 radical (unpaired) electrons. The van der Waals surface area contributed by atoms with E-state index in [2.05, 4.69) is 23.4 Å². The molecule has 1 aromatic carbocycles. The maximum Gasteiger partial charge on any atom is 0.131 e. The van der Waals surface area contributed by atoms with Gasteiger partial charge in [-0.25, -0.2) is 4.98 Å². The van der Waals surface area contributed by atoms with E-state index in [0.29, 0.717) is 0 Å². The van der Waals surface area contributed by atoms with E-state index in [1.54, 1.807) is 0 Å². The van der Waals surface area contributed by atoms with Crippen molar-refractivity contribution < 1.29 is 4.74 Å². The van der Waals surface area contributed by atoms with Crippen LogP contribution in [0.4, 0.5) is 5.82 Å². The number of aromatic nitrogens is 2. The molecule has 2 N–H and O–H groups in total. The van der Waals surface area contributed by atoms with Crippen LogP contribution in [-0.2, 0) is 13.0 Å². The van der Waals surface area contributed by atoms with Crippen molar-refractivity contribution in [2.45, 2.75) is 46.8 Å². The fourth-order valence-corrected chi connectivity index (χ4v) is 2.34. The first-order valence-electron chi connectivity index (χ1n) is 7.18. The zero-order valence-corrected chi connectivity index (χ0v) is 12.7. The minimum atomic E-state index is 0.155. The highest BCUT2D eigenvalue weighted by molar-refractivity contribution is 5.72. The number of benzene rings is 1. The van der Waals surface area contributed by atoms with Crippen molar-refractivity contribution in [1.29, 1.82) is 0 Å². The van der Waals surface area contributed by atoms with E-state index in [-0.39, 0.29) is 6.10 Å². The Morgan fingerprint density at radius 1 is 1.30 bits per heavy atom. The van der Waals surface area contributed by atoms with E-state index < -0.39 is 0 Å². The van der Waals surface area contributed by atoms with Crippen molar-refractivity contribution >= 4 is 5.82 Å². The summed E-state index contributed by atoms with van der Waals surface area (Å²) >= 11 is 0. The third-order valence-electron chi connectivity index (χ3n) is 3.20. The van der Waals surface area contributed by atoms with Crippen LogP contribution < -0.4 is 10.5 Å². The molecule has 4 nitrogen and oxygen atoms in total. The molecule has 0 amide bonds. The van der Waals surface area contributed by atoms with Crippen molar-refractivity contribution in [1.82, 2.24) is 9.55 Å². The van der Waals surface area contributed by atoms with Crippen LogP contribution in [0.5, 0.6) is 5.75 Å². The Kier molecular flexibility index (Phi) is 4.32. The molecule has 0 fully saturated rings. The Morgan fingerprint density at radius 2 is 2.05 bits per heavy atom. The molecule has 0 bridgehead atoms. The molecule has 0 spiro atoms. The van der Waals surface area contributed by atoms with Gasteiger partial charge in [-0.1, -0.05) is 19.1 Å². The second kappa shape index (κ2) is 5.99. The molecule has 0 aliphatic heterocycles. The molecule has 1 aromatic heterocycles. The quantitative estimate of drug-likeness (QED) is 0.907. The van der Waals surface area contributed by atoms with Gasteiger partial charge in [0.1, 0.15) is 23.1 Å². The first-order valence-corrected chi connectivity index (χ1v) is 7.18. The van der Waals surface area contributed by atoms with Gasteiger partial charge < -0.3 is 15.0 Å². The SMILES string of the molecule is CCc1nc(-c2cccc(OC(C)C)c2)c(N)n1CC. The van der Waals surface area contributed by atoms with E-state index in [1.807, 2.05) is 38.1 Å². The molecule has 0 saturated heterocycles. The lowest BCUT2D eigenvalue weighted by molar-refractivity contribution is 0.242. The van der Waals surface area contributed by atoms with Crippen LogP contribution in [0.1, 0.15) is 33.5 Å². The lowest BCUT2D eigenvalue weighted by atomic mass is 10.1. The summed E-state index contributed by atoms with van der Waals surface area (Å²) in [6, 6.07) is 7.95. The van der Waals surface area contributed by atoms with Gasteiger partial charge in [-0.3, -0.25) is 0 Å². The van der Waals surface area contributed by atoms with Crippen molar-refractivity contribution in [3.63, 3.8) is 0 Å². The molecular formula is C16H23N3O. The number of hydrogen-bond acceptors (Lipinski definition) is 3. The Labute approximate surface area is 120 Å². The largest absolute Gasteiger partial charge is 0.491 e. The monoisotopic (exact) mass is 273 g/mol. The standard InChI is InChI=1S/C16H23N3O/c1-5-14-18-15(16(17)19(14)6-2)12-8-7-9-13(10-12)20-11(3)4/h7-11H,5-6,17H2,1-4H3. The number of anilines is 1. The third kappa shape index (κ3) is 2.79. The van der Waals surface area contributed by atoms with Gasteiger partial charge in [-0.05, 0) is 32.9 Å². The van der Waals surface area contributed by atoms with E-state index in [9.17, 15) is 0 Å².